The first-order chi connectivity index (χ1) is 7.04. The zero-order valence-corrected chi connectivity index (χ0v) is 10.6. The smallest absolute Gasteiger partial charge is 0.237 e. The summed E-state index contributed by atoms with van der Waals surface area (Å²) in [5.74, 6) is 0.584. The fraction of sp³-hybridized carbons (Fsp3) is 0.364. The topological polar surface area (TPSA) is 38.3 Å². The molecule has 1 rings (SSSR count). The number of hydrogen-bond donors (Lipinski definition) is 1. The van der Waals surface area contributed by atoms with E-state index in [9.17, 15) is 4.79 Å². The lowest BCUT2D eigenvalue weighted by Gasteiger charge is -2.11. The standard InChI is InChI=1S/C11H14BrNO2/c1-7-4-5-10(15-3)9(6-7)13-11(14)8(2)12/h4-6,8H,1-3H3,(H,13,14)/t8-/m1/s1. The summed E-state index contributed by atoms with van der Waals surface area (Å²) in [6.45, 7) is 3.74. The number of amides is 1. The monoisotopic (exact) mass is 271 g/mol. The van der Waals surface area contributed by atoms with Crippen molar-refractivity contribution in [2.45, 2.75) is 18.7 Å². The van der Waals surface area contributed by atoms with E-state index in [4.69, 9.17) is 4.74 Å². The number of aryl methyl sites for hydroxylation is 1. The van der Waals surface area contributed by atoms with Crippen LogP contribution in [-0.2, 0) is 4.79 Å². The lowest BCUT2D eigenvalue weighted by atomic mass is 10.2. The Balaban J connectivity index is 2.92. The second-order valence-electron chi connectivity index (χ2n) is 3.31. The SMILES string of the molecule is COc1ccc(C)cc1NC(=O)[C@@H](C)Br. The second-order valence-corrected chi connectivity index (χ2v) is 4.68. The summed E-state index contributed by atoms with van der Waals surface area (Å²) >= 11 is 3.21. The van der Waals surface area contributed by atoms with Crippen LogP contribution in [0.4, 0.5) is 5.69 Å². The molecule has 0 saturated carbocycles. The third kappa shape index (κ3) is 3.23. The van der Waals surface area contributed by atoms with E-state index in [1.807, 2.05) is 25.1 Å². The van der Waals surface area contributed by atoms with Crippen molar-refractivity contribution in [1.29, 1.82) is 0 Å². The number of alkyl halides is 1. The Labute approximate surface area is 97.9 Å². The predicted molar refractivity (Wildman–Crippen MR) is 64.7 cm³/mol. The molecule has 0 radical (unpaired) electrons. The van der Waals surface area contributed by atoms with Crippen LogP contribution in [0.1, 0.15) is 12.5 Å². The van der Waals surface area contributed by atoms with Gasteiger partial charge in [0.2, 0.25) is 5.91 Å². The largest absolute Gasteiger partial charge is 0.495 e. The molecule has 0 fully saturated rings. The molecule has 0 saturated heterocycles. The minimum Gasteiger partial charge on any atom is -0.495 e. The van der Waals surface area contributed by atoms with Crippen LogP contribution in [0.15, 0.2) is 18.2 Å². The highest BCUT2D eigenvalue weighted by atomic mass is 79.9. The van der Waals surface area contributed by atoms with Crippen molar-refractivity contribution in [2.75, 3.05) is 12.4 Å². The Kier molecular flexibility index (Phi) is 4.15. The fourth-order valence-corrected chi connectivity index (χ4v) is 1.27. The molecule has 4 heteroatoms. The van der Waals surface area contributed by atoms with E-state index >= 15 is 0 Å². The van der Waals surface area contributed by atoms with Crippen LogP contribution in [0.2, 0.25) is 0 Å². The Morgan fingerprint density at radius 2 is 2.20 bits per heavy atom. The van der Waals surface area contributed by atoms with E-state index in [1.165, 1.54) is 0 Å². The number of methoxy groups -OCH3 is 1. The Hall–Kier alpha value is -1.03. The molecule has 0 aliphatic heterocycles. The van der Waals surface area contributed by atoms with E-state index in [0.29, 0.717) is 11.4 Å². The molecule has 0 aliphatic carbocycles. The molecule has 3 nitrogen and oxygen atoms in total. The molecule has 1 N–H and O–H groups in total. The second kappa shape index (κ2) is 5.16. The first kappa shape index (κ1) is 12.0. The number of benzene rings is 1. The molecule has 0 spiro atoms. The highest BCUT2D eigenvalue weighted by molar-refractivity contribution is 9.10. The van der Waals surface area contributed by atoms with Gasteiger partial charge in [-0.15, -0.1) is 0 Å². The van der Waals surface area contributed by atoms with Crippen molar-refractivity contribution in [3.8, 4) is 5.75 Å². The molecule has 1 atom stereocenters. The number of carbonyl (C=O) groups is 1. The van der Waals surface area contributed by atoms with Gasteiger partial charge in [-0.25, -0.2) is 0 Å². The third-order valence-electron chi connectivity index (χ3n) is 1.97. The number of halogens is 1. The van der Waals surface area contributed by atoms with Gasteiger partial charge in [-0.05, 0) is 31.5 Å². The molecular formula is C11H14BrNO2. The molecule has 0 bridgehead atoms. The number of ether oxygens (including phenoxy) is 1. The van der Waals surface area contributed by atoms with Crippen molar-refractivity contribution in [3.63, 3.8) is 0 Å². The average Bonchev–Trinajstić information content (AvgIpc) is 2.18. The van der Waals surface area contributed by atoms with Gasteiger partial charge in [0.1, 0.15) is 5.75 Å². The maximum absolute atomic E-state index is 11.5. The Morgan fingerprint density at radius 3 is 2.73 bits per heavy atom. The van der Waals surface area contributed by atoms with E-state index in [1.54, 1.807) is 14.0 Å². The van der Waals surface area contributed by atoms with E-state index in [0.717, 1.165) is 5.56 Å². The molecule has 0 aliphatic rings. The Morgan fingerprint density at radius 1 is 1.53 bits per heavy atom. The summed E-state index contributed by atoms with van der Waals surface area (Å²) in [7, 11) is 1.58. The van der Waals surface area contributed by atoms with Gasteiger partial charge < -0.3 is 10.1 Å². The van der Waals surface area contributed by atoms with E-state index in [-0.39, 0.29) is 10.7 Å². The maximum Gasteiger partial charge on any atom is 0.237 e. The number of anilines is 1. The predicted octanol–water partition coefficient (Wildman–Crippen LogP) is 2.73. The van der Waals surface area contributed by atoms with Gasteiger partial charge >= 0.3 is 0 Å². The number of carbonyl (C=O) groups excluding carboxylic acids is 1. The summed E-state index contributed by atoms with van der Waals surface area (Å²) in [5, 5.41) is 2.79. The van der Waals surface area contributed by atoms with Crippen LogP contribution >= 0.6 is 15.9 Å². The Bertz CT molecular complexity index is 364. The van der Waals surface area contributed by atoms with Crippen molar-refractivity contribution < 1.29 is 9.53 Å². The summed E-state index contributed by atoms with van der Waals surface area (Å²) in [5.41, 5.74) is 1.78. The van der Waals surface area contributed by atoms with Crippen molar-refractivity contribution in [1.82, 2.24) is 0 Å². The zero-order chi connectivity index (χ0) is 11.4. The van der Waals surface area contributed by atoms with Gasteiger partial charge in [0.05, 0.1) is 17.6 Å². The minimum atomic E-state index is -0.220. The third-order valence-corrected chi connectivity index (χ3v) is 2.39. The molecule has 0 aromatic heterocycles. The lowest BCUT2D eigenvalue weighted by Crippen LogP contribution is -2.20. The van der Waals surface area contributed by atoms with Crippen LogP contribution < -0.4 is 10.1 Å². The van der Waals surface area contributed by atoms with Gasteiger partial charge in [0.25, 0.3) is 0 Å². The average molecular weight is 272 g/mol. The highest BCUT2D eigenvalue weighted by Gasteiger charge is 2.11. The summed E-state index contributed by atoms with van der Waals surface area (Å²) in [4.78, 5) is 11.3. The molecule has 82 valence electrons. The number of nitrogens with one attached hydrogen (secondary N) is 1. The van der Waals surface area contributed by atoms with Gasteiger partial charge in [0.15, 0.2) is 0 Å². The molecule has 0 heterocycles. The first-order valence-corrected chi connectivity index (χ1v) is 5.55. The summed E-state index contributed by atoms with van der Waals surface area (Å²) < 4.78 is 5.15. The minimum absolute atomic E-state index is 0.0844. The first-order valence-electron chi connectivity index (χ1n) is 4.64. The molecule has 1 aromatic carbocycles. The van der Waals surface area contributed by atoms with E-state index < -0.39 is 0 Å². The van der Waals surface area contributed by atoms with Crippen LogP contribution in [0.3, 0.4) is 0 Å². The lowest BCUT2D eigenvalue weighted by molar-refractivity contribution is -0.115. The van der Waals surface area contributed by atoms with Crippen LogP contribution in [0, 0.1) is 6.92 Å². The van der Waals surface area contributed by atoms with Gasteiger partial charge in [-0.1, -0.05) is 22.0 Å². The normalized spacial score (nSPS) is 12.0. The zero-order valence-electron chi connectivity index (χ0n) is 9.00. The summed E-state index contributed by atoms with van der Waals surface area (Å²) in [6.07, 6.45) is 0. The molecular weight excluding hydrogens is 258 g/mol. The number of rotatable bonds is 3. The van der Waals surface area contributed by atoms with Gasteiger partial charge in [0, 0.05) is 0 Å². The maximum atomic E-state index is 11.5. The van der Waals surface area contributed by atoms with Crippen LogP contribution in [0.5, 0.6) is 5.75 Å². The van der Waals surface area contributed by atoms with Crippen molar-refractivity contribution >= 4 is 27.5 Å². The molecule has 1 aromatic rings. The fourth-order valence-electron chi connectivity index (χ4n) is 1.15. The summed E-state index contributed by atoms with van der Waals surface area (Å²) in [6, 6.07) is 5.65. The quantitative estimate of drug-likeness (QED) is 0.859. The van der Waals surface area contributed by atoms with E-state index in [2.05, 4.69) is 21.2 Å². The molecule has 1 amide bonds. The van der Waals surface area contributed by atoms with Crippen LogP contribution in [0.25, 0.3) is 0 Å². The van der Waals surface area contributed by atoms with Crippen molar-refractivity contribution in [3.05, 3.63) is 23.8 Å². The molecule has 0 unspecified atom stereocenters. The van der Waals surface area contributed by atoms with Crippen LogP contribution in [-0.4, -0.2) is 17.8 Å². The van der Waals surface area contributed by atoms with Gasteiger partial charge in [-0.2, -0.15) is 0 Å². The van der Waals surface area contributed by atoms with Gasteiger partial charge in [-0.3, -0.25) is 4.79 Å². The highest BCUT2D eigenvalue weighted by Crippen LogP contribution is 2.25. The van der Waals surface area contributed by atoms with Crippen molar-refractivity contribution in [2.24, 2.45) is 0 Å². The number of hydrogen-bond acceptors (Lipinski definition) is 2. The molecule has 15 heavy (non-hydrogen) atoms.